The van der Waals surface area contributed by atoms with E-state index in [9.17, 15) is 19.8 Å². The Balaban J connectivity index is 2.15. The lowest BCUT2D eigenvalue weighted by Gasteiger charge is -2.36. The van der Waals surface area contributed by atoms with E-state index in [-0.39, 0.29) is 11.5 Å². The third-order valence-corrected chi connectivity index (χ3v) is 3.52. The van der Waals surface area contributed by atoms with Crippen LogP contribution in [0.5, 0.6) is 0 Å². The highest BCUT2D eigenvalue weighted by Gasteiger charge is 2.30. The molecule has 20 heavy (non-hydrogen) atoms. The zero-order valence-corrected chi connectivity index (χ0v) is 10.6. The smallest absolute Gasteiger partial charge is 0.336 e. The summed E-state index contributed by atoms with van der Waals surface area (Å²) in [7, 11) is 0. The summed E-state index contributed by atoms with van der Waals surface area (Å²) in [4.78, 5) is 25.2. The van der Waals surface area contributed by atoms with Gasteiger partial charge in [0, 0.05) is 24.0 Å². The molecule has 1 amide bonds. The molecule has 0 bridgehead atoms. The number of rotatable bonds is 2. The molecule has 0 atom stereocenters. The Morgan fingerprint density at radius 2 is 1.65 bits per heavy atom. The van der Waals surface area contributed by atoms with E-state index in [1.54, 1.807) is 30.3 Å². The predicted octanol–water partition coefficient (Wildman–Crippen LogP) is 1.35. The van der Waals surface area contributed by atoms with E-state index in [0.717, 1.165) is 5.39 Å². The fraction of sp³-hybridized carbons (Fsp3) is 0.200. The molecular formula is C15H13NO4. The van der Waals surface area contributed by atoms with E-state index in [1.807, 2.05) is 0 Å². The summed E-state index contributed by atoms with van der Waals surface area (Å²) in [5, 5.41) is 19.7. The number of amides is 1. The Labute approximate surface area is 115 Å². The van der Waals surface area contributed by atoms with E-state index in [4.69, 9.17) is 0 Å². The van der Waals surface area contributed by atoms with Crippen molar-refractivity contribution in [3.8, 4) is 0 Å². The number of likely N-dealkylation sites (tertiary alicyclic amines) is 1. The number of aliphatic hydroxyl groups is 1. The largest absolute Gasteiger partial charge is 0.478 e. The summed E-state index contributed by atoms with van der Waals surface area (Å²) in [6, 6.07) is 10.1. The van der Waals surface area contributed by atoms with Gasteiger partial charge in [-0.2, -0.15) is 0 Å². The number of hydrogen-bond acceptors (Lipinski definition) is 3. The van der Waals surface area contributed by atoms with Gasteiger partial charge in [0.15, 0.2) is 0 Å². The van der Waals surface area contributed by atoms with Gasteiger partial charge in [0.2, 0.25) is 0 Å². The minimum Gasteiger partial charge on any atom is -0.478 e. The Kier molecular flexibility index (Phi) is 2.91. The van der Waals surface area contributed by atoms with Gasteiger partial charge in [-0.15, -0.1) is 0 Å². The van der Waals surface area contributed by atoms with Crippen molar-refractivity contribution in [1.29, 1.82) is 0 Å². The van der Waals surface area contributed by atoms with Crippen LogP contribution in [0.15, 0.2) is 36.4 Å². The third-order valence-electron chi connectivity index (χ3n) is 3.52. The molecule has 102 valence electrons. The van der Waals surface area contributed by atoms with E-state index in [1.165, 1.54) is 11.0 Å². The number of fused-ring (bicyclic) bond motifs is 1. The standard InChI is InChI=1S/C15H13NO4/c17-10-7-16(8-10)14(18)11-5-1-3-9-4-2-6-12(13(9)11)15(19)20/h1-6,10,17H,7-8H2,(H,19,20). The van der Waals surface area contributed by atoms with Gasteiger partial charge in [-0.3, -0.25) is 4.79 Å². The first-order chi connectivity index (χ1) is 9.58. The number of carbonyl (C=O) groups is 2. The maximum Gasteiger partial charge on any atom is 0.336 e. The van der Waals surface area contributed by atoms with Crippen molar-refractivity contribution < 1.29 is 19.8 Å². The van der Waals surface area contributed by atoms with Gasteiger partial charge in [0.05, 0.1) is 11.7 Å². The molecule has 0 saturated carbocycles. The SMILES string of the molecule is O=C(O)c1cccc2cccc(C(=O)N3CC(O)C3)c12. The summed E-state index contributed by atoms with van der Waals surface area (Å²) in [5.74, 6) is -1.30. The lowest BCUT2D eigenvalue weighted by atomic mass is 9.97. The zero-order valence-electron chi connectivity index (χ0n) is 10.6. The van der Waals surface area contributed by atoms with Crippen molar-refractivity contribution in [3.63, 3.8) is 0 Å². The first-order valence-corrected chi connectivity index (χ1v) is 6.30. The van der Waals surface area contributed by atoms with Crippen LogP contribution in [-0.4, -0.2) is 46.2 Å². The molecule has 0 aromatic heterocycles. The predicted molar refractivity (Wildman–Crippen MR) is 72.8 cm³/mol. The van der Waals surface area contributed by atoms with Crippen LogP contribution >= 0.6 is 0 Å². The van der Waals surface area contributed by atoms with Gasteiger partial charge in [0.25, 0.3) is 5.91 Å². The molecular weight excluding hydrogens is 258 g/mol. The highest BCUT2D eigenvalue weighted by atomic mass is 16.4. The number of hydrogen-bond donors (Lipinski definition) is 2. The van der Waals surface area contributed by atoms with Crippen molar-refractivity contribution >= 4 is 22.6 Å². The first kappa shape index (κ1) is 12.6. The molecule has 1 aliphatic heterocycles. The number of aromatic carboxylic acids is 1. The minimum absolute atomic E-state index is 0.118. The molecule has 3 rings (SSSR count). The molecule has 0 spiro atoms. The average molecular weight is 271 g/mol. The first-order valence-electron chi connectivity index (χ1n) is 6.30. The van der Waals surface area contributed by atoms with Crippen LogP contribution in [0.3, 0.4) is 0 Å². The quantitative estimate of drug-likeness (QED) is 0.864. The van der Waals surface area contributed by atoms with Crippen LogP contribution in [0.4, 0.5) is 0 Å². The third kappa shape index (κ3) is 1.92. The average Bonchev–Trinajstić information content (AvgIpc) is 2.41. The fourth-order valence-electron chi connectivity index (χ4n) is 2.49. The topological polar surface area (TPSA) is 77.8 Å². The van der Waals surface area contributed by atoms with E-state index < -0.39 is 12.1 Å². The van der Waals surface area contributed by atoms with Gasteiger partial charge in [0.1, 0.15) is 0 Å². The lowest BCUT2D eigenvalue weighted by Crippen LogP contribution is -2.53. The molecule has 1 aliphatic rings. The minimum atomic E-state index is -1.06. The van der Waals surface area contributed by atoms with Gasteiger partial charge in [-0.25, -0.2) is 4.79 Å². The maximum absolute atomic E-state index is 12.4. The lowest BCUT2D eigenvalue weighted by molar-refractivity contribution is 0.00603. The monoisotopic (exact) mass is 271 g/mol. The zero-order chi connectivity index (χ0) is 14.3. The van der Waals surface area contributed by atoms with Crippen molar-refractivity contribution in [2.24, 2.45) is 0 Å². The summed E-state index contributed by atoms with van der Waals surface area (Å²) in [6.45, 7) is 0.592. The molecule has 2 aromatic carbocycles. The number of carbonyl (C=O) groups excluding carboxylic acids is 1. The van der Waals surface area contributed by atoms with Crippen molar-refractivity contribution in [3.05, 3.63) is 47.5 Å². The number of β-amino-alcohol motifs (C(OH)–C–C–N with tert-alkyl or cyclic N) is 1. The van der Waals surface area contributed by atoms with Crippen LogP contribution in [-0.2, 0) is 0 Å². The molecule has 0 radical (unpaired) electrons. The second-order valence-electron chi connectivity index (χ2n) is 4.88. The summed E-state index contributed by atoms with van der Waals surface area (Å²) in [5.41, 5.74) is 0.486. The Morgan fingerprint density at radius 3 is 2.20 bits per heavy atom. The highest BCUT2D eigenvalue weighted by molar-refractivity contribution is 6.14. The molecule has 2 aromatic rings. The van der Waals surface area contributed by atoms with Crippen molar-refractivity contribution in [2.45, 2.75) is 6.10 Å². The van der Waals surface area contributed by atoms with Crippen LogP contribution < -0.4 is 0 Å². The Morgan fingerprint density at radius 1 is 1.05 bits per heavy atom. The van der Waals surface area contributed by atoms with Gasteiger partial charge in [-0.1, -0.05) is 24.3 Å². The van der Waals surface area contributed by atoms with Crippen molar-refractivity contribution in [2.75, 3.05) is 13.1 Å². The van der Waals surface area contributed by atoms with Gasteiger partial charge in [-0.05, 0) is 17.5 Å². The number of carboxylic acids is 1. The molecule has 0 unspecified atom stereocenters. The van der Waals surface area contributed by atoms with E-state index in [0.29, 0.717) is 24.0 Å². The summed E-state index contributed by atoms with van der Waals surface area (Å²) < 4.78 is 0. The molecule has 1 saturated heterocycles. The highest BCUT2D eigenvalue weighted by Crippen LogP contribution is 2.25. The van der Waals surface area contributed by atoms with Crippen LogP contribution in [0.1, 0.15) is 20.7 Å². The number of benzene rings is 2. The van der Waals surface area contributed by atoms with E-state index >= 15 is 0 Å². The molecule has 5 nitrogen and oxygen atoms in total. The molecule has 2 N–H and O–H groups in total. The van der Waals surface area contributed by atoms with Crippen LogP contribution in [0.25, 0.3) is 10.8 Å². The summed E-state index contributed by atoms with van der Waals surface area (Å²) in [6.07, 6.45) is -0.479. The van der Waals surface area contributed by atoms with Crippen LogP contribution in [0, 0.1) is 0 Å². The van der Waals surface area contributed by atoms with Gasteiger partial charge >= 0.3 is 5.97 Å². The fourth-order valence-corrected chi connectivity index (χ4v) is 2.49. The number of aliphatic hydroxyl groups excluding tert-OH is 1. The number of carboxylic acid groups (broad SMARTS) is 1. The maximum atomic E-state index is 12.4. The molecule has 5 heteroatoms. The molecule has 0 aliphatic carbocycles. The van der Waals surface area contributed by atoms with Gasteiger partial charge < -0.3 is 15.1 Å². The second-order valence-corrected chi connectivity index (χ2v) is 4.88. The Hall–Kier alpha value is -2.40. The Bertz CT molecular complexity index is 699. The van der Waals surface area contributed by atoms with Crippen LogP contribution in [0.2, 0.25) is 0 Å². The summed E-state index contributed by atoms with van der Waals surface area (Å²) >= 11 is 0. The molecule has 1 fully saturated rings. The normalized spacial score (nSPS) is 15.2. The van der Waals surface area contributed by atoms with Crippen molar-refractivity contribution in [1.82, 2.24) is 4.90 Å². The molecule has 1 heterocycles. The second kappa shape index (κ2) is 4.61. The number of nitrogens with zero attached hydrogens (tertiary/aromatic N) is 1. The van der Waals surface area contributed by atoms with E-state index in [2.05, 4.69) is 0 Å².